The number of allylic oxidation sites excluding steroid dienone is 8. The third-order valence-corrected chi connectivity index (χ3v) is 8.16. The van der Waals surface area contributed by atoms with Gasteiger partial charge in [-0.3, -0.25) is 0 Å². The summed E-state index contributed by atoms with van der Waals surface area (Å²) in [6.45, 7) is 6.14. The first kappa shape index (κ1) is 42.4. The molecular weight excluding hydrogens is 536 g/mol. The van der Waals surface area contributed by atoms with Crippen LogP contribution in [0.25, 0.3) is 0 Å². The maximum absolute atomic E-state index is 5.69. The Morgan fingerprint density at radius 1 is 0.477 bits per heavy atom. The van der Waals surface area contributed by atoms with Crippen molar-refractivity contribution >= 4 is 5.71 Å². The van der Waals surface area contributed by atoms with Crippen molar-refractivity contribution in [3.8, 4) is 0 Å². The van der Waals surface area contributed by atoms with Gasteiger partial charge in [-0.15, -0.1) is 0 Å². The van der Waals surface area contributed by atoms with E-state index in [0.717, 1.165) is 32.2 Å². The Morgan fingerprint density at radius 3 is 1.23 bits per heavy atom. The number of nitrogens with zero attached hydrogens (tertiary/aromatic N) is 2. The lowest BCUT2D eigenvalue weighted by Crippen LogP contribution is -2.17. The van der Waals surface area contributed by atoms with E-state index in [-0.39, 0.29) is 0 Å². The molecule has 0 aliphatic carbocycles. The highest BCUT2D eigenvalue weighted by atomic mass is 16.6. The fraction of sp³-hybridized carbons (Fsp3) is 0.780. The number of hydrogen-bond acceptors (Lipinski definition) is 3. The minimum Gasteiger partial charge on any atom is -0.394 e. The Hall–Kier alpha value is -1.61. The average molecular weight is 613 g/mol. The van der Waals surface area contributed by atoms with E-state index >= 15 is 0 Å². The molecule has 0 aromatic carbocycles. The van der Waals surface area contributed by atoms with Gasteiger partial charge in [-0.05, 0) is 104 Å². The van der Waals surface area contributed by atoms with Gasteiger partial charge in [0.25, 0.3) is 0 Å². The molecule has 0 amide bonds. The predicted octanol–water partition coefficient (Wildman–Crippen LogP) is 13.3. The molecule has 0 N–H and O–H groups in total. The van der Waals surface area contributed by atoms with Crippen molar-refractivity contribution in [3.05, 3.63) is 48.6 Å². The van der Waals surface area contributed by atoms with Crippen LogP contribution in [0.3, 0.4) is 0 Å². The number of hydrogen-bond donors (Lipinski definition) is 0. The number of rotatable bonds is 34. The van der Waals surface area contributed by atoms with Crippen LogP contribution in [0.2, 0.25) is 0 Å². The molecule has 0 saturated heterocycles. The maximum atomic E-state index is 5.69. The number of likely N-dealkylation sites (N-methyl/N-ethyl adjacent to an activating group) is 1. The fourth-order valence-corrected chi connectivity index (χ4v) is 5.21. The molecule has 256 valence electrons. The zero-order chi connectivity index (χ0) is 32.0. The Balaban J connectivity index is 3.88. The largest absolute Gasteiger partial charge is 0.394 e. The molecule has 0 aromatic heterocycles. The van der Waals surface area contributed by atoms with Crippen LogP contribution >= 0.6 is 0 Å². The average Bonchev–Trinajstić information content (AvgIpc) is 3.02. The van der Waals surface area contributed by atoms with Crippen LogP contribution in [0, 0.1) is 0 Å². The molecule has 0 rings (SSSR count). The van der Waals surface area contributed by atoms with E-state index < -0.39 is 0 Å². The second kappa shape index (κ2) is 37.6. The molecule has 0 heterocycles. The summed E-state index contributed by atoms with van der Waals surface area (Å²) in [5.41, 5.74) is 1.29. The van der Waals surface area contributed by atoms with E-state index in [2.05, 4.69) is 86.6 Å². The van der Waals surface area contributed by atoms with Crippen LogP contribution in [-0.4, -0.2) is 37.9 Å². The molecule has 0 spiro atoms. The van der Waals surface area contributed by atoms with Crippen molar-refractivity contribution in [1.29, 1.82) is 0 Å². The standard InChI is InChI=1S/C41H76N2O/c1-5-7-9-11-13-15-17-19-21-23-25-27-29-31-33-35-37-41(42-44-40-39-43(3)4)38-36-34-32-30-28-26-24-22-20-18-16-14-12-10-8-6-2/h13-16,19-22H,5-12,17-18,23-40H2,1-4H3. The van der Waals surface area contributed by atoms with E-state index in [0.29, 0.717) is 6.61 Å². The Kier molecular flexibility index (Phi) is 36.2. The minimum atomic E-state index is 0.684. The van der Waals surface area contributed by atoms with Crippen molar-refractivity contribution in [2.45, 2.75) is 181 Å². The van der Waals surface area contributed by atoms with Crippen molar-refractivity contribution in [3.63, 3.8) is 0 Å². The molecule has 0 bridgehead atoms. The van der Waals surface area contributed by atoms with Crippen molar-refractivity contribution < 1.29 is 4.84 Å². The molecule has 0 radical (unpaired) electrons. The van der Waals surface area contributed by atoms with Crippen LogP contribution in [0.1, 0.15) is 181 Å². The second-order valence-corrected chi connectivity index (χ2v) is 13.0. The van der Waals surface area contributed by atoms with E-state index in [1.54, 1.807) is 0 Å². The van der Waals surface area contributed by atoms with Gasteiger partial charge in [-0.2, -0.15) is 0 Å². The SMILES string of the molecule is CCCCCC=CCC=CCCCCCCCCC(CCCCCCCCC=CCC=CCCCCC)=NOCCN(C)C. The van der Waals surface area contributed by atoms with Gasteiger partial charge in [0.05, 0.1) is 5.71 Å². The van der Waals surface area contributed by atoms with Crippen molar-refractivity contribution in [2.24, 2.45) is 5.16 Å². The Labute approximate surface area is 276 Å². The lowest BCUT2D eigenvalue weighted by molar-refractivity contribution is 0.124. The van der Waals surface area contributed by atoms with E-state index in [1.807, 2.05) is 0 Å². The summed E-state index contributed by atoms with van der Waals surface area (Å²) >= 11 is 0. The lowest BCUT2D eigenvalue weighted by atomic mass is 10.0. The maximum Gasteiger partial charge on any atom is 0.129 e. The van der Waals surface area contributed by atoms with Gasteiger partial charge in [0.2, 0.25) is 0 Å². The molecule has 0 aliphatic heterocycles. The van der Waals surface area contributed by atoms with Gasteiger partial charge >= 0.3 is 0 Å². The fourth-order valence-electron chi connectivity index (χ4n) is 5.21. The first-order chi connectivity index (χ1) is 21.7. The quantitative estimate of drug-likeness (QED) is 0.0312. The molecule has 0 aliphatic rings. The van der Waals surface area contributed by atoms with Gasteiger partial charge in [0.1, 0.15) is 6.61 Å². The highest BCUT2D eigenvalue weighted by Crippen LogP contribution is 2.14. The summed E-state index contributed by atoms with van der Waals surface area (Å²) in [6, 6.07) is 0. The highest BCUT2D eigenvalue weighted by Gasteiger charge is 2.03. The first-order valence-corrected chi connectivity index (χ1v) is 19.1. The Morgan fingerprint density at radius 2 is 0.841 bits per heavy atom. The molecular formula is C41H76N2O. The molecule has 0 unspecified atom stereocenters. The van der Waals surface area contributed by atoms with Gasteiger partial charge in [0.15, 0.2) is 0 Å². The van der Waals surface area contributed by atoms with Crippen LogP contribution < -0.4 is 0 Å². The third-order valence-electron chi connectivity index (χ3n) is 8.16. The molecule has 44 heavy (non-hydrogen) atoms. The second-order valence-electron chi connectivity index (χ2n) is 13.0. The van der Waals surface area contributed by atoms with Gasteiger partial charge in [0, 0.05) is 6.54 Å². The molecule has 3 heteroatoms. The monoisotopic (exact) mass is 613 g/mol. The summed E-state index contributed by atoms with van der Waals surface area (Å²) in [4.78, 5) is 7.84. The number of oxime groups is 1. The van der Waals surface area contributed by atoms with Crippen molar-refractivity contribution in [1.82, 2.24) is 4.90 Å². The molecule has 0 aromatic rings. The van der Waals surface area contributed by atoms with Gasteiger partial charge in [-0.25, -0.2) is 0 Å². The number of unbranched alkanes of at least 4 members (excludes halogenated alkanes) is 18. The van der Waals surface area contributed by atoms with Crippen LogP contribution in [-0.2, 0) is 4.84 Å². The minimum absolute atomic E-state index is 0.684. The lowest BCUT2D eigenvalue weighted by Gasteiger charge is -2.10. The van der Waals surface area contributed by atoms with Crippen LogP contribution in [0.15, 0.2) is 53.8 Å². The third kappa shape index (κ3) is 36.6. The topological polar surface area (TPSA) is 24.8 Å². The first-order valence-electron chi connectivity index (χ1n) is 19.1. The molecule has 0 fully saturated rings. The van der Waals surface area contributed by atoms with Crippen molar-refractivity contribution in [2.75, 3.05) is 27.2 Å². The van der Waals surface area contributed by atoms with E-state index in [4.69, 9.17) is 4.84 Å². The summed E-state index contributed by atoms with van der Waals surface area (Å²) in [7, 11) is 4.17. The summed E-state index contributed by atoms with van der Waals surface area (Å²) in [6.07, 6.45) is 52.1. The van der Waals surface area contributed by atoms with Crippen LogP contribution in [0.5, 0.6) is 0 Å². The van der Waals surface area contributed by atoms with E-state index in [9.17, 15) is 0 Å². The van der Waals surface area contributed by atoms with Gasteiger partial charge < -0.3 is 9.74 Å². The zero-order valence-electron chi connectivity index (χ0n) is 30.2. The zero-order valence-corrected chi connectivity index (χ0v) is 30.2. The molecule has 0 saturated carbocycles. The van der Waals surface area contributed by atoms with Crippen LogP contribution in [0.4, 0.5) is 0 Å². The highest BCUT2D eigenvalue weighted by molar-refractivity contribution is 5.83. The predicted molar refractivity (Wildman–Crippen MR) is 200 cm³/mol. The van der Waals surface area contributed by atoms with Gasteiger partial charge in [-0.1, -0.05) is 145 Å². The molecule has 0 atom stereocenters. The summed E-state index contributed by atoms with van der Waals surface area (Å²) in [5.74, 6) is 0. The Bertz CT molecular complexity index is 653. The van der Waals surface area contributed by atoms with E-state index in [1.165, 1.54) is 147 Å². The summed E-state index contributed by atoms with van der Waals surface area (Å²) < 4.78 is 0. The molecule has 3 nitrogen and oxygen atoms in total. The smallest absolute Gasteiger partial charge is 0.129 e. The summed E-state index contributed by atoms with van der Waals surface area (Å²) in [5, 5.41) is 4.58. The normalized spacial score (nSPS) is 12.2.